The third kappa shape index (κ3) is 6.70. The minimum Gasteiger partial charge on any atom is -0.468 e. The number of esters is 2. The summed E-state index contributed by atoms with van der Waals surface area (Å²) in [6.07, 6.45) is 14.3. The first-order valence-corrected chi connectivity index (χ1v) is 9.20. The molecule has 0 atom stereocenters. The van der Waals surface area contributed by atoms with Gasteiger partial charge in [-0.05, 0) is 44.6 Å². The van der Waals surface area contributed by atoms with E-state index in [0.29, 0.717) is 0 Å². The third-order valence-electron chi connectivity index (χ3n) is 4.84. The summed E-state index contributed by atoms with van der Waals surface area (Å²) >= 11 is 0. The Balaban J connectivity index is 2.96. The van der Waals surface area contributed by atoms with E-state index < -0.39 is 17.9 Å². The fraction of sp³-hybridized carbons (Fsp3) is 0.478. The van der Waals surface area contributed by atoms with Gasteiger partial charge in [-0.25, -0.2) is 0 Å². The molecule has 0 radical (unpaired) electrons. The van der Waals surface area contributed by atoms with Gasteiger partial charge in [-0.3, -0.25) is 9.59 Å². The highest BCUT2D eigenvalue weighted by molar-refractivity contribution is 5.97. The topological polar surface area (TPSA) is 52.6 Å². The summed E-state index contributed by atoms with van der Waals surface area (Å²) in [5.41, 5.74) is 4.76. The standard InChI is InChI=1S/C23H32O4/c1-16(12-13-20-18(3)9-8-14-23(20,4)5)10-11-17(2)15-19(21(24)26-6)22(25)27-7/h9-13,15,19H,8,14H2,1-7H3. The minimum absolute atomic E-state index is 0.184. The average Bonchev–Trinajstić information content (AvgIpc) is 2.62. The molecular weight excluding hydrogens is 340 g/mol. The lowest BCUT2D eigenvalue weighted by Gasteiger charge is -2.32. The van der Waals surface area contributed by atoms with Crippen LogP contribution in [0.25, 0.3) is 0 Å². The van der Waals surface area contributed by atoms with Crippen molar-refractivity contribution in [3.05, 3.63) is 58.7 Å². The Morgan fingerprint density at radius 3 is 2.15 bits per heavy atom. The molecule has 148 valence electrons. The van der Waals surface area contributed by atoms with Crippen LogP contribution in [0.1, 0.15) is 47.5 Å². The maximum Gasteiger partial charge on any atom is 0.324 e. The molecule has 4 nitrogen and oxygen atoms in total. The van der Waals surface area contributed by atoms with E-state index in [1.807, 2.05) is 26.0 Å². The van der Waals surface area contributed by atoms with Crippen LogP contribution in [0.2, 0.25) is 0 Å². The molecule has 0 N–H and O–H groups in total. The highest BCUT2D eigenvalue weighted by Gasteiger charge is 2.27. The van der Waals surface area contributed by atoms with Gasteiger partial charge in [0.15, 0.2) is 5.92 Å². The lowest BCUT2D eigenvalue weighted by molar-refractivity contribution is -0.156. The molecule has 0 bridgehead atoms. The molecule has 1 aliphatic carbocycles. The molecule has 0 saturated carbocycles. The number of carbonyl (C=O) groups is 2. The highest BCUT2D eigenvalue weighted by Crippen LogP contribution is 2.40. The maximum atomic E-state index is 11.7. The van der Waals surface area contributed by atoms with Gasteiger partial charge in [-0.15, -0.1) is 0 Å². The molecule has 0 fully saturated rings. The van der Waals surface area contributed by atoms with E-state index in [2.05, 4.69) is 48.5 Å². The molecule has 0 aromatic rings. The van der Waals surface area contributed by atoms with Crippen LogP contribution in [-0.2, 0) is 19.1 Å². The Morgan fingerprint density at radius 2 is 1.63 bits per heavy atom. The molecule has 1 rings (SSSR count). The van der Waals surface area contributed by atoms with Gasteiger partial charge in [0.25, 0.3) is 0 Å². The number of allylic oxidation sites excluding steroid dienone is 9. The van der Waals surface area contributed by atoms with Crippen molar-refractivity contribution in [1.29, 1.82) is 0 Å². The van der Waals surface area contributed by atoms with E-state index in [-0.39, 0.29) is 5.41 Å². The second-order valence-electron chi connectivity index (χ2n) is 7.57. The van der Waals surface area contributed by atoms with Crippen molar-refractivity contribution in [2.24, 2.45) is 11.3 Å². The molecule has 0 aromatic carbocycles. The quantitative estimate of drug-likeness (QED) is 0.370. The van der Waals surface area contributed by atoms with Crippen molar-refractivity contribution in [1.82, 2.24) is 0 Å². The summed E-state index contributed by atoms with van der Waals surface area (Å²) < 4.78 is 9.33. The van der Waals surface area contributed by atoms with Crippen LogP contribution in [0.4, 0.5) is 0 Å². The SMILES string of the molecule is COC(=O)C(C=C(C)C=CC(C)=CC=C1C(C)=CCCC1(C)C)C(=O)OC. The molecule has 0 heterocycles. The van der Waals surface area contributed by atoms with Crippen molar-refractivity contribution in [2.75, 3.05) is 14.2 Å². The van der Waals surface area contributed by atoms with Crippen LogP contribution < -0.4 is 0 Å². The smallest absolute Gasteiger partial charge is 0.324 e. The van der Waals surface area contributed by atoms with Crippen molar-refractivity contribution < 1.29 is 19.1 Å². The first-order valence-electron chi connectivity index (χ1n) is 9.20. The van der Waals surface area contributed by atoms with Gasteiger partial charge in [-0.1, -0.05) is 67.0 Å². The molecule has 0 aromatic heterocycles. The normalized spacial score (nSPS) is 19.4. The predicted molar refractivity (Wildman–Crippen MR) is 109 cm³/mol. The van der Waals surface area contributed by atoms with E-state index in [1.165, 1.54) is 25.4 Å². The molecular formula is C23H32O4. The molecule has 1 aliphatic rings. The lowest BCUT2D eigenvalue weighted by Crippen LogP contribution is -2.24. The Kier molecular flexibility index (Phi) is 8.48. The van der Waals surface area contributed by atoms with E-state index in [0.717, 1.165) is 24.0 Å². The Labute approximate surface area is 163 Å². The number of rotatable bonds is 6. The van der Waals surface area contributed by atoms with Gasteiger partial charge in [0.05, 0.1) is 14.2 Å². The largest absolute Gasteiger partial charge is 0.468 e. The van der Waals surface area contributed by atoms with Crippen LogP contribution in [0.5, 0.6) is 0 Å². The summed E-state index contributed by atoms with van der Waals surface area (Å²) in [6, 6.07) is 0. The number of hydrogen-bond acceptors (Lipinski definition) is 4. The second kappa shape index (κ2) is 10.1. The zero-order valence-electron chi connectivity index (χ0n) is 17.6. The van der Waals surface area contributed by atoms with Gasteiger partial charge < -0.3 is 9.47 Å². The highest BCUT2D eigenvalue weighted by atomic mass is 16.5. The maximum absolute atomic E-state index is 11.7. The van der Waals surface area contributed by atoms with Crippen LogP contribution in [-0.4, -0.2) is 26.2 Å². The zero-order valence-corrected chi connectivity index (χ0v) is 17.6. The summed E-state index contributed by atoms with van der Waals surface area (Å²) in [7, 11) is 2.50. The van der Waals surface area contributed by atoms with Crippen LogP contribution in [0, 0.1) is 11.3 Å². The molecule has 0 aliphatic heterocycles. The van der Waals surface area contributed by atoms with Crippen molar-refractivity contribution in [3.63, 3.8) is 0 Å². The Bertz CT molecular complexity index is 699. The monoisotopic (exact) mass is 372 g/mol. The fourth-order valence-corrected chi connectivity index (χ4v) is 3.12. The zero-order chi connectivity index (χ0) is 20.6. The van der Waals surface area contributed by atoms with E-state index >= 15 is 0 Å². The number of carbonyl (C=O) groups excluding carboxylic acids is 2. The predicted octanol–water partition coefficient (Wildman–Crippen LogP) is 5.09. The summed E-state index contributed by atoms with van der Waals surface area (Å²) in [5.74, 6) is -2.31. The number of methoxy groups -OCH3 is 2. The number of hydrogen-bond donors (Lipinski definition) is 0. The van der Waals surface area contributed by atoms with Gasteiger partial charge in [-0.2, -0.15) is 0 Å². The molecule has 0 saturated heterocycles. The van der Waals surface area contributed by atoms with Gasteiger partial charge in [0.2, 0.25) is 0 Å². The van der Waals surface area contributed by atoms with Crippen molar-refractivity contribution in [3.8, 4) is 0 Å². The van der Waals surface area contributed by atoms with Crippen LogP contribution in [0.3, 0.4) is 0 Å². The van der Waals surface area contributed by atoms with E-state index in [9.17, 15) is 9.59 Å². The number of ether oxygens (including phenoxy) is 2. The average molecular weight is 373 g/mol. The van der Waals surface area contributed by atoms with Crippen molar-refractivity contribution in [2.45, 2.75) is 47.5 Å². The molecule has 27 heavy (non-hydrogen) atoms. The Hall–Kier alpha value is -2.36. The second-order valence-corrected chi connectivity index (χ2v) is 7.57. The van der Waals surface area contributed by atoms with E-state index in [4.69, 9.17) is 0 Å². The lowest BCUT2D eigenvalue weighted by atomic mass is 9.73. The first-order chi connectivity index (χ1) is 12.6. The van der Waals surface area contributed by atoms with Gasteiger partial charge in [0.1, 0.15) is 0 Å². The molecule has 4 heteroatoms. The third-order valence-corrected chi connectivity index (χ3v) is 4.84. The van der Waals surface area contributed by atoms with Crippen LogP contribution in [0.15, 0.2) is 58.7 Å². The molecule has 0 spiro atoms. The van der Waals surface area contributed by atoms with Crippen molar-refractivity contribution >= 4 is 11.9 Å². The Morgan fingerprint density at radius 1 is 1.07 bits per heavy atom. The fourth-order valence-electron chi connectivity index (χ4n) is 3.12. The molecule has 0 amide bonds. The summed E-state index contributed by atoms with van der Waals surface area (Å²) in [6.45, 7) is 10.6. The van der Waals surface area contributed by atoms with Gasteiger partial charge in [0, 0.05) is 0 Å². The minimum atomic E-state index is -1.05. The summed E-state index contributed by atoms with van der Waals surface area (Å²) in [5, 5.41) is 0. The van der Waals surface area contributed by atoms with Gasteiger partial charge >= 0.3 is 11.9 Å². The first kappa shape index (κ1) is 22.7. The van der Waals surface area contributed by atoms with Crippen LogP contribution >= 0.6 is 0 Å². The molecule has 0 unspecified atom stereocenters. The van der Waals surface area contributed by atoms with E-state index in [1.54, 1.807) is 6.08 Å². The summed E-state index contributed by atoms with van der Waals surface area (Å²) in [4.78, 5) is 23.5.